The minimum absolute atomic E-state index is 0.134. The van der Waals surface area contributed by atoms with Crippen LogP contribution in [0.3, 0.4) is 0 Å². The first kappa shape index (κ1) is 8.57. The van der Waals surface area contributed by atoms with Gasteiger partial charge in [0.25, 0.3) is 0 Å². The van der Waals surface area contributed by atoms with Crippen molar-refractivity contribution >= 4 is 5.69 Å². The summed E-state index contributed by atoms with van der Waals surface area (Å²) in [7, 11) is 0. The Hall–Kier alpha value is -1.02. The molecule has 0 aliphatic carbocycles. The lowest BCUT2D eigenvalue weighted by Gasteiger charge is -2.23. The zero-order valence-electron chi connectivity index (χ0n) is 8.13. The Bertz CT molecular complexity index is 307. The van der Waals surface area contributed by atoms with Crippen molar-refractivity contribution in [2.24, 2.45) is 0 Å². The SMILES string of the molecule is CCOC1(C)CNc2ccccc21. The summed E-state index contributed by atoms with van der Waals surface area (Å²) in [5.74, 6) is 0. The summed E-state index contributed by atoms with van der Waals surface area (Å²) in [6.07, 6.45) is 0. The molecule has 0 saturated carbocycles. The minimum Gasteiger partial charge on any atom is -0.381 e. The van der Waals surface area contributed by atoms with Crippen molar-refractivity contribution in [1.82, 2.24) is 0 Å². The quantitative estimate of drug-likeness (QED) is 0.748. The Morgan fingerprint density at radius 2 is 2.23 bits per heavy atom. The maximum atomic E-state index is 5.75. The van der Waals surface area contributed by atoms with E-state index in [0.717, 1.165) is 13.2 Å². The van der Waals surface area contributed by atoms with Gasteiger partial charge in [0, 0.05) is 24.4 Å². The second kappa shape index (κ2) is 3.04. The summed E-state index contributed by atoms with van der Waals surface area (Å²) in [6.45, 7) is 5.80. The van der Waals surface area contributed by atoms with Gasteiger partial charge in [0.2, 0.25) is 0 Å². The average molecular weight is 177 g/mol. The molecule has 0 saturated heterocycles. The molecule has 1 atom stereocenters. The van der Waals surface area contributed by atoms with Crippen LogP contribution in [0.2, 0.25) is 0 Å². The van der Waals surface area contributed by atoms with Gasteiger partial charge < -0.3 is 10.1 Å². The summed E-state index contributed by atoms with van der Waals surface area (Å²) < 4.78 is 5.75. The van der Waals surface area contributed by atoms with Crippen molar-refractivity contribution in [3.05, 3.63) is 29.8 Å². The highest BCUT2D eigenvalue weighted by atomic mass is 16.5. The highest BCUT2D eigenvalue weighted by molar-refractivity contribution is 5.58. The van der Waals surface area contributed by atoms with Gasteiger partial charge in [-0.05, 0) is 19.9 Å². The number of hydrogen-bond acceptors (Lipinski definition) is 2. The molecule has 2 nitrogen and oxygen atoms in total. The number of rotatable bonds is 2. The lowest BCUT2D eigenvalue weighted by Crippen LogP contribution is -2.27. The number of hydrogen-bond donors (Lipinski definition) is 1. The van der Waals surface area contributed by atoms with Crippen molar-refractivity contribution in [2.75, 3.05) is 18.5 Å². The molecule has 0 amide bonds. The monoisotopic (exact) mass is 177 g/mol. The molecule has 1 N–H and O–H groups in total. The molecular weight excluding hydrogens is 162 g/mol. The van der Waals surface area contributed by atoms with Crippen LogP contribution in [0.15, 0.2) is 24.3 Å². The fourth-order valence-electron chi connectivity index (χ4n) is 1.90. The maximum Gasteiger partial charge on any atom is 0.109 e. The van der Waals surface area contributed by atoms with Gasteiger partial charge in [-0.3, -0.25) is 0 Å². The molecule has 70 valence electrons. The van der Waals surface area contributed by atoms with E-state index >= 15 is 0 Å². The van der Waals surface area contributed by atoms with Crippen LogP contribution >= 0.6 is 0 Å². The lowest BCUT2D eigenvalue weighted by molar-refractivity contribution is -0.0131. The summed E-state index contributed by atoms with van der Waals surface area (Å²) in [5.41, 5.74) is 2.35. The molecule has 1 aliphatic heterocycles. The molecule has 13 heavy (non-hydrogen) atoms. The largest absolute Gasteiger partial charge is 0.381 e. The Labute approximate surface area is 78.9 Å². The lowest BCUT2D eigenvalue weighted by atomic mass is 9.98. The zero-order chi connectivity index (χ0) is 9.31. The van der Waals surface area contributed by atoms with Crippen molar-refractivity contribution in [3.63, 3.8) is 0 Å². The highest BCUT2D eigenvalue weighted by Crippen LogP contribution is 2.36. The van der Waals surface area contributed by atoms with Crippen LogP contribution in [-0.2, 0) is 10.3 Å². The van der Waals surface area contributed by atoms with E-state index < -0.39 is 0 Å². The number of anilines is 1. The number of fused-ring (bicyclic) bond motifs is 1. The molecule has 0 bridgehead atoms. The van der Waals surface area contributed by atoms with E-state index in [-0.39, 0.29) is 5.60 Å². The van der Waals surface area contributed by atoms with E-state index in [9.17, 15) is 0 Å². The van der Waals surface area contributed by atoms with E-state index in [1.807, 2.05) is 13.0 Å². The highest BCUT2D eigenvalue weighted by Gasteiger charge is 2.34. The normalized spacial score (nSPS) is 25.4. The summed E-state index contributed by atoms with van der Waals surface area (Å²) in [5, 5.41) is 3.35. The molecule has 2 rings (SSSR count). The topological polar surface area (TPSA) is 21.3 Å². The van der Waals surface area contributed by atoms with Gasteiger partial charge in [0.15, 0.2) is 0 Å². The van der Waals surface area contributed by atoms with Gasteiger partial charge in [0.1, 0.15) is 5.60 Å². The van der Waals surface area contributed by atoms with E-state index in [1.165, 1.54) is 11.3 Å². The summed E-state index contributed by atoms with van der Waals surface area (Å²) in [4.78, 5) is 0. The van der Waals surface area contributed by atoms with Crippen LogP contribution in [0.1, 0.15) is 19.4 Å². The number of benzene rings is 1. The van der Waals surface area contributed by atoms with Gasteiger partial charge >= 0.3 is 0 Å². The van der Waals surface area contributed by atoms with Crippen LogP contribution in [0.4, 0.5) is 5.69 Å². The molecular formula is C11H15NO. The second-order valence-electron chi connectivity index (χ2n) is 3.56. The maximum absolute atomic E-state index is 5.75. The van der Waals surface area contributed by atoms with E-state index in [2.05, 4.69) is 30.4 Å². The third kappa shape index (κ3) is 1.31. The predicted molar refractivity (Wildman–Crippen MR) is 53.9 cm³/mol. The number of ether oxygens (including phenoxy) is 1. The predicted octanol–water partition coefficient (Wildman–Crippen LogP) is 2.36. The first-order valence-corrected chi connectivity index (χ1v) is 4.73. The standard InChI is InChI=1S/C11H15NO/c1-3-13-11(2)8-12-10-7-5-4-6-9(10)11/h4-7,12H,3,8H2,1-2H3. The fourth-order valence-corrected chi connectivity index (χ4v) is 1.90. The zero-order valence-corrected chi connectivity index (χ0v) is 8.13. The summed E-state index contributed by atoms with van der Waals surface area (Å²) >= 11 is 0. The molecule has 2 heteroatoms. The number of para-hydroxylation sites is 1. The molecule has 1 aliphatic rings. The van der Waals surface area contributed by atoms with Crippen LogP contribution in [0.25, 0.3) is 0 Å². The van der Waals surface area contributed by atoms with Crippen molar-refractivity contribution < 1.29 is 4.74 Å². The van der Waals surface area contributed by atoms with Crippen LogP contribution in [0.5, 0.6) is 0 Å². The Balaban J connectivity index is 2.37. The van der Waals surface area contributed by atoms with E-state index in [4.69, 9.17) is 4.74 Å². The fraction of sp³-hybridized carbons (Fsp3) is 0.455. The third-order valence-corrected chi connectivity index (χ3v) is 2.58. The molecule has 1 heterocycles. The second-order valence-corrected chi connectivity index (χ2v) is 3.56. The van der Waals surface area contributed by atoms with Gasteiger partial charge in [-0.1, -0.05) is 18.2 Å². The molecule has 1 aromatic carbocycles. The molecule has 1 aromatic rings. The number of nitrogens with one attached hydrogen (secondary N) is 1. The summed E-state index contributed by atoms with van der Waals surface area (Å²) in [6, 6.07) is 8.33. The van der Waals surface area contributed by atoms with Gasteiger partial charge in [-0.25, -0.2) is 0 Å². The Kier molecular flexibility index (Phi) is 2.00. The van der Waals surface area contributed by atoms with Crippen LogP contribution < -0.4 is 5.32 Å². The smallest absolute Gasteiger partial charge is 0.109 e. The molecule has 0 spiro atoms. The van der Waals surface area contributed by atoms with E-state index in [1.54, 1.807) is 0 Å². The molecule has 1 unspecified atom stereocenters. The van der Waals surface area contributed by atoms with Gasteiger partial charge in [0.05, 0.1) is 0 Å². The van der Waals surface area contributed by atoms with Crippen molar-refractivity contribution in [1.29, 1.82) is 0 Å². The van der Waals surface area contributed by atoms with Crippen molar-refractivity contribution in [2.45, 2.75) is 19.4 Å². The van der Waals surface area contributed by atoms with Gasteiger partial charge in [-0.15, -0.1) is 0 Å². The first-order valence-electron chi connectivity index (χ1n) is 4.73. The minimum atomic E-state index is -0.134. The average Bonchev–Trinajstić information content (AvgIpc) is 2.46. The van der Waals surface area contributed by atoms with Crippen LogP contribution in [0, 0.1) is 0 Å². The molecule has 0 aromatic heterocycles. The van der Waals surface area contributed by atoms with Crippen molar-refractivity contribution in [3.8, 4) is 0 Å². The first-order chi connectivity index (χ1) is 6.26. The molecule has 0 radical (unpaired) electrons. The Morgan fingerprint density at radius 3 is 3.00 bits per heavy atom. The molecule has 0 fully saturated rings. The third-order valence-electron chi connectivity index (χ3n) is 2.58. The Morgan fingerprint density at radius 1 is 1.46 bits per heavy atom. The van der Waals surface area contributed by atoms with Crippen LogP contribution in [-0.4, -0.2) is 13.2 Å². The van der Waals surface area contributed by atoms with Gasteiger partial charge in [-0.2, -0.15) is 0 Å². The van der Waals surface area contributed by atoms with E-state index in [0.29, 0.717) is 0 Å².